The Morgan fingerprint density at radius 1 is 0.824 bits per heavy atom. The van der Waals surface area contributed by atoms with Gasteiger partial charge in [-0.15, -0.1) is 23.1 Å². The van der Waals surface area contributed by atoms with Gasteiger partial charge in [-0.2, -0.15) is 0 Å². The Bertz CT molecular complexity index is 2170. The number of carbonyl (C=O) groups excluding carboxylic acids is 3. The van der Waals surface area contributed by atoms with Gasteiger partial charge < -0.3 is 16.0 Å². The van der Waals surface area contributed by atoms with E-state index in [1.54, 1.807) is 54.6 Å². The molecule has 0 fully saturated rings. The van der Waals surface area contributed by atoms with Crippen molar-refractivity contribution in [2.45, 2.75) is 17.1 Å². The van der Waals surface area contributed by atoms with Crippen LogP contribution in [-0.2, 0) is 9.59 Å². The van der Waals surface area contributed by atoms with Crippen molar-refractivity contribution in [2.75, 3.05) is 10.6 Å². The number of halogens is 2. The molecule has 0 aliphatic carbocycles. The van der Waals surface area contributed by atoms with Crippen LogP contribution in [0.2, 0.25) is 5.02 Å². The first-order valence-electron chi connectivity index (χ1n) is 15.7. The van der Waals surface area contributed by atoms with Gasteiger partial charge in [-0.05, 0) is 67.1 Å². The fraction of sp³-hybridized carbons (Fsp3) is 0.0500. The first-order chi connectivity index (χ1) is 24.7. The Kier molecular flexibility index (Phi) is 11.4. The second kappa shape index (κ2) is 16.4. The summed E-state index contributed by atoms with van der Waals surface area (Å²) in [5, 5.41) is 10.2. The molecule has 0 saturated heterocycles. The zero-order chi connectivity index (χ0) is 35.7. The fourth-order valence-electron chi connectivity index (χ4n) is 4.95. The maximum Gasteiger partial charge on any atom is 0.272 e. The third kappa shape index (κ3) is 9.17. The highest BCUT2D eigenvalue weighted by molar-refractivity contribution is 8.00. The number of hydrogen-bond acceptors (Lipinski definition) is 6. The minimum absolute atomic E-state index is 0.0428. The van der Waals surface area contributed by atoms with Crippen molar-refractivity contribution in [3.05, 3.63) is 172 Å². The highest BCUT2D eigenvalue weighted by Gasteiger charge is 2.24. The summed E-state index contributed by atoms with van der Waals surface area (Å²) in [6.45, 7) is 2.02. The van der Waals surface area contributed by atoms with Gasteiger partial charge in [0.1, 0.15) is 16.8 Å². The number of carbonyl (C=O) groups is 3. The van der Waals surface area contributed by atoms with Crippen LogP contribution >= 0.6 is 34.7 Å². The van der Waals surface area contributed by atoms with Crippen LogP contribution in [0.3, 0.4) is 0 Å². The number of amides is 3. The lowest BCUT2D eigenvalue weighted by Crippen LogP contribution is -2.30. The van der Waals surface area contributed by atoms with E-state index in [1.807, 2.05) is 66.9 Å². The maximum absolute atomic E-state index is 14.7. The molecule has 51 heavy (non-hydrogen) atoms. The Hall–Kier alpha value is -5.55. The van der Waals surface area contributed by atoms with Gasteiger partial charge in [0.15, 0.2) is 5.13 Å². The highest BCUT2D eigenvalue weighted by atomic mass is 35.5. The summed E-state index contributed by atoms with van der Waals surface area (Å²) in [6, 6.07) is 36.9. The first-order valence-corrected chi connectivity index (χ1v) is 17.9. The molecule has 3 N–H and O–H groups in total. The summed E-state index contributed by atoms with van der Waals surface area (Å²) < 4.78 is 14.7. The average molecular weight is 733 g/mol. The molecule has 254 valence electrons. The lowest BCUT2D eigenvalue weighted by molar-refractivity contribution is -0.116. The number of nitrogens with zero attached hydrogens (tertiary/aromatic N) is 1. The van der Waals surface area contributed by atoms with Crippen molar-refractivity contribution in [2.24, 2.45) is 0 Å². The van der Waals surface area contributed by atoms with Crippen LogP contribution < -0.4 is 16.0 Å². The molecule has 1 heterocycles. The molecule has 6 rings (SSSR count). The molecule has 0 spiro atoms. The van der Waals surface area contributed by atoms with E-state index in [0.717, 1.165) is 27.3 Å². The molecule has 1 atom stereocenters. The third-order valence-electron chi connectivity index (χ3n) is 7.61. The Morgan fingerprint density at radius 2 is 1.51 bits per heavy atom. The third-order valence-corrected chi connectivity index (χ3v) is 9.96. The number of rotatable bonds is 11. The summed E-state index contributed by atoms with van der Waals surface area (Å²) >= 11 is 8.94. The van der Waals surface area contributed by atoms with Crippen molar-refractivity contribution >= 4 is 69.3 Å². The zero-order valence-corrected chi connectivity index (χ0v) is 29.5. The molecule has 1 unspecified atom stereocenters. The molecule has 0 aliphatic rings. The lowest BCUT2D eigenvalue weighted by atomic mass is 10.1. The summed E-state index contributed by atoms with van der Waals surface area (Å²) in [7, 11) is 0. The quantitative estimate of drug-likeness (QED) is 0.0910. The van der Waals surface area contributed by atoms with Crippen molar-refractivity contribution in [3.63, 3.8) is 0 Å². The monoisotopic (exact) mass is 732 g/mol. The SMILES string of the molecule is Cc1ccc(-c2csc(NC(=O)C(Sc3ccc(NC(=O)/C(=C/c4c(F)cccc4Cl)NC(=O)c4ccccc4)cc3)c3ccccc3)n2)cc1. The minimum atomic E-state index is -0.686. The van der Waals surface area contributed by atoms with Crippen LogP contribution in [0.25, 0.3) is 17.3 Å². The van der Waals surface area contributed by atoms with Crippen LogP contribution in [-0.4, -0.2) is 22.7 Å². The molecule has 3 amide bonds. The van der Waals surface area contributed by atoms with E-state index in [1.165, 1.54) is 47.4 Å². The molecule has 0 saturated carbocycles. The molecule has 5 aromatic carbocycles. The Morgan fingerprint density at radius 3 is 2.20 bits per heavy atom. The average Bonchev–Trinajstić information content (AvgIpc) is 3.61. The number of thiazole rings is 1. The fourth-order valence-corrected chi connectivity index (χ4v) is 6.91. The molecule has 0 aliphatic heterocycles. The minimum Gasteiger partial charge on any atom is -0.321 e. The first kappa shape index (κ1) is 35.3. The highest BCUT2D eigenvalue weighted by Crippen LogP contribution is 2.37. The smallest absolute Gasteiger partial charge is 0.272 e. The number of hydrogen-bond donors (Lipinski definition) is 3. The predicted octanol–water partition coefficient (Wildman–Crippen LogP) is 9.79. The number of benzene rings is 5. The van der Waals surface area contributed by atoms with Crippen LogP contribution in [0.5, 0.6) is 0 Å². The standard InChI is InChI=1S/C40H30ClFN4O3S2/c1-25-15-17-26(18-16-25)35-24-50-40(45-35)46-39(49)36(27-9-4-2-5-10-27)51-30-21-19-29(20-22-30)43-38(48)34(23-31-32(41)13-8-14-33(31)42)44-37(47)28-11-6-3-7-12-28/h2-24,36H,1H3,(H,43,48)(H,44,47)(H,45,46,49)/b34-23-. The molecular weight excluding hydrogens is 703 g/mol. The normalized spacial score (nSPS) is 11.8. The number of thioether (sulfide) groups is 1. The van der Waals surface area contributed by atoms with E-state index >= 15 is 0 Å². The molecule has 0 radical (unpaired) electrons. The van der Waals surface area contributed by atoms with Crippen LogP contribution in [0, 0.1) is 12.7 Å². The van der Waals surface area contributed by atoms with Crippen LogP contribution in [0.1, 0.15) is 32.3 Å². The van der Waals surface area contributed by atoms with E-state index in [2.05, 4.69) is 20.9 Å². The second-order valence-electron chi connectivity index (χ2n) is 11.3. The van der Waals surface area contributed by atoms with Gasteiger partial charge in [0.2, 0.25) is 5.91 Å². The van der Waals surface area contributed by atoms with E-state index in [4.69, 9.17) is 11.6 Å². The number of anilines is 2. The van der Waals surface area contributed by atoms with Gasteiger partial charge in [0.25, 0.3) is 11.8 Å². The van der Waals surface area contributed by atoms with Gasteiger partial charge in [-0.25, -0.2) is 9.37 Å². The number of nitrogens with one attached hydrogen (secondary N) is 3. The van der Waals surface area contributed by atoms with Crippen LogP contribution in [0.15, 0.2) is 143 Å². The Balaban J connectivity index is 1.18. The molecule has 1 aromatic heterocycles. The van der Waals surface area contributed by atoms with E-state index in [9.17, 15) is 18.8 Å². The van der Waals surface area contributed by atoms with Crippen molar-refractivity contribution in [1.29, 1.82) is 0 Å². The van der Waals surface area contributed by atoms with Crippen molar-refractivity contribution < 1.29 is 18.8 Å². The zero-order valence-electron chi connectivity index (χ0n) is 27.1. The number of aromatic nitrogens is 1. The van der Waals surface area contributed by atoms with Crippen molar-refractivity contribution in [1.82, 2.24) is 10.3 Å². The van der Waals surface area contributed by atoms with Gasteiger partial charge in [-0.3, -0.25) is 14.4 Å². The predicted molar refractivity (Wildman–Crippen MR) is 204 cm³/mol. The second-order valence-corrected chi connectivity index (χ2v) is 13.7. The van der Waals surface area contributed by atoms with E-state index in [0.29, 0.717) is 16.4 Å². The summed E-state index contributed by atoms with van der Waals surface area (Å²) in [5.41, 5.74) is 4.19. The van der Waals surface area contributed by atoms with E-state index < -0.39 is 22.9 Å². The molecule has 0 bridgehead atoms. The topological polar surface area (TPSA) is 100 Å². The Labute approximate surface area is 307 Å². The van der Waals surface area contributed by atoms with Gasteiger partial charge >= 0.3 is 0 Å². The molecular formula is C40H30ClFN4O3S2. The summed E-state index contributed by atoms with van der Waals surface area (Å²) in [5.74, 6) is -2.12. The number of aryl methyl sites for hydroxylation is 1. The van der Waals surface area contributed by atoms with Gasteiger partial charge in [0.05, 0.1) is 10.7 Å². The largest absolute Gasteiger partial charge is 0.321 e. The summed E-state index contributed by atoms with van der Waals surface area (Å²) in [6.07, 6.45) is 1.20. The van der Waals surface area contributed by atoms with Gasteiger partial charge in [0, 0.05) is 32.7 Å². The van der Waals surface area contributed by atoms with Crippen LogP contribution in [0.4, 0.5) is 15.2 Å². The van der Waals surface area contributed by atoms with E-state index in [-0.39, 0.29) is 22.2 Å². The maximum atomic E-state index is 14.7. The van der Waals surface area contributed by atoms with Gasteiger partial charge in [-0.1, -0.05) is 96.0 Å². The van der Waals surface area contributed by atoms with Crippen molar-refractivity contribution in [3.8, 4) is 11.3 Å². The molecule has 7 nitrogen and oxygen atoms in total. The summed E-state index contributed by atoms with van der Waals surface area (Å²) in [4.78, 5) is 45.6. The molecule has 6 aromatic rings. The molecule has 11 heteroatoms. The lowest BCUT2D eigenvalue weighted by Gasteiger charge is -2.17.